The van der Waals surface area contributed by atoms with Gasteiger partial charge in [0.15, 0.2) is 11.5 Å². The van der Waals surface area contributed by atoms with Gasteiger partial charge < -0.3 is 14.8 Å². The quantitative estimate of drug-likeness (QED) is 0.844. The number of amides is 1. The molecule has 1 aliphatic carbocycles. The molecule has 0 bridgehead atoms. The molecule has 1 amide bonds. The Morgan fingerprint density at radius 3 is 2.55 bits per heavy atom. The van der Waals surface area contributed by atoms with E-state index in [4.69, 9.17) is 9.47 Å². The first kappa shape index (κ1) is 18.5. The Morgan fingerprint density at radius 1 is 1.07 bits per heavy atom. The fourth-order valence-corrected chi connectivity index (χ4v) is 5.00. The molecule has 2 aromatic rings. The van der Waals surface area contributed by atoms with Crippen molar-refractivity contribution in [1.29, 1.82) is 0 Å². The van der Waals surface area contributed by atoms with Crippen LogP contribution in [0.3, 0.4) is 0 Å². The van der Waals surface area contributed by atoms with Crippen molar-refractivity contribution in [2.45, 2.75) is 39.7 Å². The fraction of sp³-hybridized carbons (Fsp3) is 0.458. The molecule has 2 aliphatic heterocycles. The van der Waals surface area contributed by atoms with Gasteiger partial charge in [-0.25, -0.2) is 0 Å². The Labute approximate surface area is 172 Å². The van der Waals surface area contributed by atoms with E-state index in [1.54, 1.807) is 0 Å². The van der Waals surface area contributed by atoms with E-state index in [9.17, 15) is 4.79 Å². The van der Waals surface area contributed by atoms with E-state index in [-0.39, 0.29) is 17.2 Å². The van der Waals surface area contributed by atoms with Crippen molar-refractivity contribution in [2.75, 3.05) is 25.2 Å². The maximum atomic E-state index is 12.8. The molecule has 0 radical (unpaired) electrons. The molecule has 29 heavy (non-hydrogen) atoms. The van der Waals surface area contributed by atoms with Crippen LogP contribution in [0.25, 0.3) is 0 Å². The molecule has 3 aliphatic rings. The summed E-state index contributed by atoms with van der Waals surface area (Å²) in [6, 6.07) is 12.4. The number of carbonyl (C=O) groups excluding carboxylic acids is 1. The zero-order chi connectivity index (χ0) is 20.0. The Balaban J connectivity index is 1.15. The first-order valence-corrected chi connectivity index (χ1v) is 10.5. The molecule has 5 rings (SSSR count). The monoisotopic (exact) mass is 392 g/mol. The normalized spacial score (nSPS) is 21.9. The van der Waals surface area contributed by atoms with Crippen LogP contribution in [-0.2, 0) is 11.3 Å². The van der Waals surface area contributed by atoms with E-state index in [1.165, 1.54) is 16.7 Å². The number of nitrogens with zero attached hydrogens (tertiary/aromatic N) is 1. The lowest BCUT2D eigenvalue weighted by Gasteiger charge is -2.32. The number of carbonyl (C=O) groups is 1. The minimum Gasteiger partial charge on any atom is -0.454 e. The molecule has 1 saturated carbocycles. The summed E-state index contributed by atoms with van der Waals surface area (Å²) in [5.74, 6) is 2.04. The van der Waals surface area contributed by atoms with Gasteiger partial charge in [0.1, 0.15) is 0 Å². The molecule has 1 unspecified atom stereocenters. The first-order valence-electron chi connectivity index (χ1n) is 10.5. The summed E-state index contributed by atoms with van der Waals surface area (Å²) in [7, 11) is 0. The largest absolute Gasteiger partial charge is 0.454 e. The summed E-state index contributed by atoms with van der Waals surface area (Å²) in [4.78, 5) is 15.3. The molecular weight excluding hydrogens is 364 g/mol. The van der Waals surface area contributed by atoms with Crippen molar-refractivity contribution in [3.05, 3.63) is 53.1 Å². The van der Waals surface area contributed by atoms with Crippen molar-refractivity contribution in [3.63, 3.8) is 0 Å². The number of piperidine rings is 1. The number of benzene rings is 2. The highest BCUT2D eigenvalue weighted by atomic mass is 16.7. The summed E-state index contributed by atoms with van der Waals surface area (Å²) in [6.07, 6.45) is 3.23. The molecule has 152 valence electrons. The Morgan fingerprint density at radius 2 is 1.79 bits per heavy atom. The van der Waals surface area contributed by atoms with Crippen molar-refractivity contribution in [1.82, 2.24) is 4.90 Å². The third-order valence-corrected chi connectivity index (χ3v) is 6.69. The van der Waals surface area contributed by atoms with Crippen LogP contribution in [0.15, 0.2) is 36.4 Å². The molecule has 5 nitrogen and oxygen atoms in total. The van der Waals surface area contributed by atoms with Crippen LogP contribution in [0.2, 0.25) is 0 Å². The Bertz CT molecular complexity index is 927. The predicted molar refractivity (Wildman–Crippen MR) is 112 cm³/mol. The number of anilines is 1. The van der Waals surface area contributed by atoms with Crippen LogP contribution < -0.4 is 14.8 Å². The first-order chi connectivity index (χ1) is 14.0. The van der Waals surface area contributed by atoms with E-state index < -0.39 is 0 Å². The molecule has 1 spiro atoms. The number of hydrogen-bond donors (Lipinski definition) is 1. The van der Waals surface area contributed by atoms with Crippen LogP contribution >= 0.6 is 0 Å². The molecular formula is C24H28N2O3. The average Bonchev–Trinajstić information content (AvgIpc) is 3.17. The summed E-state index contributed by atoms with van der Waals surface area (Å²) in [6.45, 7) is 7.46. The molecule has 1 atom stereocenters. The predicted octanol–water partition coefficient (Wildman–Crippen LogP) is 4.27. The lowest BCUT2D eigenvalue weighted by molar-refractivity contribution is -0.118. The fourth-order valence-electron chi connectivity index (χ4n) is 5.00. The second-order valence-corrected chi connectivity index (χ2v) is 8.95. The maximum absolute atomic E-state index is 12.8. The van der Waals surface area contributed by atoms with Crippen LogP contribution in [0.1, 0.15) is 36.0 Å². The lowest BCUT2D eigenvalue weighted by Crippen LogP contribution is -2.35. The highest BCUT2D eigenvalue weighted by Gasteiger charge is 2.58. The molecule has 2 fully saturated rings. The average molecular weight is 392 g/mol. The van der Waals surface area contributed by atoms with E-state index in [0.717, 1.165) is 56.1 Å². The summed E-state index contributed by atoms with van der Waals surface area (Å²) >= 11 is 0. The van der Waals surface area contributed by atoms with Gasteiger partial charge in [0, 0.05) is 18.2 Å². The van der Waals surface area contributed by atoms with Crippen molar-refractivity contribution < 1.29 is 14.3 Å². The molecule has 1 saturated heterocycles. The second kappa shape index (κ2) is 7.06. The highest BCUT2D eigenvalue weighted by molar-refractivity contribution is 5.95. The zero-order valence-electron chi connectivity index (χ0n) is 17.2. The number of rotatable bonds is 4. The maximum Gasteiger partial charge on any atom is 0.231 e. The number of hydrogen-bond acceptors (Lipinski definition) is 4. The molecule has 2 aromatic carbocycles. The van der Waals surface area contributed by atoms with Gasteiger partial charge in [0.25, 0.3) is 0 Å². The van der Waals surface area contributed by atoms with Crippen molar-refractivity contribution >= 4 is 11.6 Å². The van der Waals surface area contributed by atoms with E-state index >= 15 is 0 Å². The third-order valence-electron chi connectivity index (χ3n) is 6.69. The van der Waals surface area contributed by atoms with Crippen LogP contribution in [-0.4, -0.2) is 30.7 Å². The molecule has 5 heteroatoms. The highest BCUT2D eigenvalue weighted by Crippen LogP contribution is 2.59. The van der Waals surface area contributed by atoms with Gasteiger partial charge in [-0.1, -0.05) is 12.1 Å². The molecule has 1 N–H and O–H groups in total. The lowest BCUT2D eigenvalue weighted by atomic mass is 9.90. The van der Waals surface area contributed by atoms with Crippen molar-refractivity contribution in [2.24, 2.45) is 11.3 Å². The van der Waals surface area contributed by atoms with Gasteiger partial charge in [-0.3, -0.25) is 9.69 Å². The van der Waals surface area contributed by atoms with E-state index in [0.29, 0.717) is 6.79 Å². The van der Waals surface area contributed by atoms with E-state index in [1.807, 2.05) is 18.2 Å². The van der Waals surface area contributed by atoms with Crippen LogP contribution in [0.5, 0.6) is 11.5 Å². The van der Waals surface area contributed by atoms with Crippen LogP contribution in [0.4, 0.5) is 5.69 Å². The molecule has 2 heterocycles. The number of aryl methyl sites for hydroxylation is 2. The van der Waals surface area contributed by atoms with Gasteiger partial charge >= 0.3 is 0 Å². The summed E-state index contributed by atoms with van der Waals surface area (Å²) in [5.41, 5.74) is 4.76. The van der Waals surface area contributed by atoms with Gasteiger partial charge in [0.05, 0.1) is 0 Å². The van der Waals surface area contributed by atoms with Gasteiger partial charge in [-0.2, -0.15) is 0 Å². The SMILES string of the molecule is Cc1cc(C)cc(NC(=O)C2CC23CCN(Cc2ccc4c(c2)OCO4)CC3)c1. The number of ether oxygens (including phenoxy) is 2. The summed E-state index contributed by atoms with van der Waals surface area (Å²) < 4.78 is 10.9. The third kappa shape index (κ3) is 3.71. The second-order valence-electron chi connectivity index (χ2n) is 8.95. The summed E-state index contributed by atoms with van der Waals surface area (Å²) in [5, 5.41) is 3.15. The smallest absolute Gasteiger partial charge is 0.231 e. The minimum atomic E-state index is 0.163. The van der Waals surface area contributed by atoms with Gasteiger partial charge in [-0.05, 0) is 92.6 Å². The van der Waals surface area contributed by atoms with Crippen LogP contribution in [0, 0.1) is 25.2 Å². The topological polar surface area (TPSA) is 50.8 Å². The standard InChI is InChI=1S/C24H28N2O3/c1-16-9-17(2)11-19(10-16)25-23(27)20-13-24(20)5-7-26(8-6-24)14-18-3-4-21-22(12-18)29-15-28-21/h3-4,9-12,20H,5-8,13-15H2,1-2H3,(H,25,27). The van der Waals surface area contributed by atoms with Crippen molar-refractivity contribution in [3.8, 4) is 11.5 Å². The Hall–Kier alpha value is -2.53. The van der Waals surface area contributed by atoms with Gasteiger partial charge in [-0.15, -0.1) is 0 Å². The number of likely N-dealkylation sites (tertiary alicyclic amines) is 1. The van der Waals surface area contributed by atoms with E-state index in [2.05, 4.69) is 42.3 Å². The number of fused-ring (bicyclic) bond motifs is 1. The molecule has 0 aromatic heterocycles. The minimum absolute atomic E-state index is 0.163. The van der Waals surface area contributed by atoms with Gasteiger partial charge in [0.2, 0.25) is 12.7 Å². The number of nitrogens with one attached hydrogen (secondary N) is 1. The Kier molecular flexibility index (Phi) is 4.50. The zero-order valence-corrected chi connectivity index (χ0v) is 17.2.